The van der Waals surface area contributed by atoms with Gasteiger partial charge in [0.2, 0.25) is 0 Å². The lowest BCUT2D eigenvalue weighted by Crippen LogP contribution is -2.31. The number of benzene rings is 2. The summed E-state index contributed by atoms with van der Waals surface area (Å²) in [7, 11) is 1.62. The first-order valence-electron chi connectivity index (χ1n) is 7.18. The molecule has 0 saturated carbocycles. The number of ether oxygens (including phenoxy) is 1. The fraction of sp³-hybridized carbons (Fsp3) is 0.278. The van der Waals surface area contributed by atoms with Gasteiger partial charge in [-0.05, 0) is 55.3 Å². The summed E-state index contributed by atoms with van der Waals surface area (Å²) in [5, 5.41) is 0. The minimum atomic E-state index is 0.0186. The second-order valence-electron chi connectivity index (χ2n) is 5.02. The lowest BCUT2D eigenvalue weighted by atomic mass is 10.1. The van der Waals surface area contributed by atoms with Gasteiger partial charge in [-0.3, -0.25) is 4.79 Å². The van der Waals surface area contributed by atoms with Crippen molar-refractivity contribution in [2.24, 2.45) is 0 Å². The quantitative estimate of drug-likeness (QED) is 0.828. The van der Waals surface area contributed by atoms with E-state index >= 15 is 0 Å². The van der Waals surface area contributed by atoms with Crippen LogP contribution in [0.4, 0.5) is 5.69 Å². The van der Waals surface area contributed by atoms with Crippen LogP contribution in [0.15, 0.2) is 48.5 Å². The second kappa shape index (κ2) is 6.93. The molecule has 0 spiro atoms. The van der Waals surface area contributed by atoms with Crippen LogP contribution in [-0.4, -0.2) is 19.6 Å². The van der Waals surface area contributed by atoms with Gasteiger partial charge in [0.1, 0.15) is 5.75 Å². The van der Waals surface area contributed by atoms with Crippen molar-refractivity contribution in [3.05, 3.63) is 59.7 Å². The molecule has 0 N–H and O–H groups in total. The third-order valence-corrected chi connectivity index (χ3v) is 3.34. The summed E-state index contributed by atoms with van der Waals surface area (Å²) >= 11 is 0. The van der Waals surface area contributed by atoms with Gasteiger partial charge >= 0.3 is 0 Å². The normalized spacial score (nSPS) is 10.2. The van der Waals surface area contributed by atoms with Crippen molar-refractivity contribution in [2.75, 3.05) is 18.6 Å². The molecule has 2 aromatic rings. The molecule has 110 valence electrons. The zero-order valence-electron chi connectivity index (χ0n) is 12.8. The highest BCUT2D eigenvalue weighted by molar-refractivity contribution is 6.06. The summed E-state index contributed by atoms with van der Waals surface area (Å²) in [5.41, 5.74) is 2.76. The summed E-state index contributed by atoms with van der Waals surface area (Å²) in [5.74, 6) is 0.772. The molecule has 0 aliphatic rings. The van der Waals surface area contributed by atoms with Crippen molar-refractivity contribution in [2.45, 2.75) is 20.3 Å². The van der Waals surface area contributed by atoms with E-state index in [1.54, 1.807) is 19.2 Å². The minimum absolute atomic E-state index is 0.0186. The maximum Gasteiger partial charge on any atom is 0.258 e. The fourth-order valence-corrected chi connectivity index (χ4v) is 2.26. The molecule has 0 radical (unpaired) electrons. The number of methoxy groups -OCH3 is 1. The van der Waals surface area contributed by atoms with E-state index in [1.807, 2.05) is 48.2 Å². The molecular weight excluding hydrogens is 262 g/mol. The molecule has 0 aliphatic heterocycles. The number of nitrogens with zero attached hydrogens (tertiary/aromatic N) is 1. The van der Waals surface area contributed by atoms with Crippen molar-refractivity contribution in [3.8, 4) is 5.75 Å². The Kier molecular flexibility index (Phi) is 4.99. The van der Waals surface area contributed by atoms with E-state index in [2.05, 4.69) is 6.92 Å². The van der Waals surface area contributed by atoms with Gasteiger partial charge in [0.05, 0.1) is 7.11 Å². The van der Waals surface area contributed by atoms with Crippen molar-refractivity contribution in [1.29, 1.82) is 0 Å². The van der Waals surface area contributed by atoms with Crippen LogP contribution < -0.4 is 9.64 Å². The van der Waals surface area contributed by atoms with Crippen LogP contribution in [0.3, 0.4) is 0 Å². The molecule has 0 fully saturated rings. The molecule has 3 heteroatoms. The van der Waals surface area contributed by atoms with Crippen molar-refractivity contribution in [1.82, 2.24) is 0 Å². The molecule has 1 amide bonds. The SMILES string of the molecule is CCCN(C(=O)c1ccc(OC)cc1)c1cccc(C)c1. The number of hydrogen-bond acceptors (Lipinski definition) is 2. The molecular formula is C18H21NO2. The van der Waals surface area contributed by atoms with Gasteiger partial charge in [-0.25, -0.2) is 0 Å². The Morgan fingerprint density at radius 2 is 1.86 bits per heavy atom. The first-order chi connectivity index (χ1) is 10.2. The highest BCUT2D eigenvalue weighted by atomic mass is 16.5. The Bertz CT molecular complexity index is 605. The maximum absolute atomic E-state index is 12.7. The molecule has 0 saturated heterocycles. The standard InChI is InChI=1S/C18H21NO2/c1-4-12-19(16-7-5-6-14(2)13-16)18(20)15-8-10-17(21-3)11-9-15/h5-11,13H,4,12H2,1-3H3. The molecule has 2 rings (SSSR count). The van der Waals surface area contributed by atoms with E-state index in [-0.39, 0.29) is 5.91 Å². The summed E-state index contributed by atoms with van der Waals surface area (Å²) in [4.78, 5) is 14.6. The lowest BCUT2D eigenvalue weighted by molar-refractivity contribution is 0.0987. The maximum atomic E-state index is 12.7. The van der Waals surface area contributed by atoms with Gasteiger partial charge < -0.3 is 9.64 Å². The number of rotatable bonds is 5. The Hall–Kier alpha value is -2.29. The van der Waals surface area contributed by atoms with Gasteiger partial charge in [-0.1, -0.05) is 19.1 Å². The summed E-state index contributed by atoms with van der Waals surface area (Å²) in [6.45, 7) is 4.81. The predicted octanol–water partition coefficient (Wildman–Crippen LogP) is 4.06. The molecule has 0 aromatic heterocycles. The van der Waals surface area contributed by atoms with Gasteiger partial charge in [0.15, 0.2) is 0 Å². The van der Waals surface area contributed by atoms with E-state index in [0.717, 1.165) is 23.4 Å². The van der Waals surface area contributed by atoms with Gasteiger partial charge in [-0.2, -0.15) is 0 Å². The van der Waals surface area contributed by atoms with E-state index in [9.17, 15) is 4.79 Å². The molecule has 0 aliphatic carbocycles. The molecule has 0 unspecified atom stereocenters. The topological polar surface area (TPSA) is 29.5 Å². The number of aryl methyl sites for hydroxylation is 1. The van der Waals surface area contributed by atoms with Crippen molar-refractivity contribution >= 4 is 11.6 Å². The molecule has 3 nitrogen and oxygen atoms in total. The van der Waals surface area contributed by atoms with E-state index in [4.69, 9.17) is 4.74 Å². The van der Waals surface area contributed by atoms with E-state index in [1.165, 1.54) is 0 Å². The molecule has 0 heterocycles. The largest absolute Gasteiger partial charge is 0.497 e. The number of carbonyl (C=O) groups is 1. The van der Waals surface area contributed by atoms with Crippen LogP contribution in [0.25, 0.3) is 0 Å². The van der Waals surface area contributed by atoms with Crippen LogP contribution >= 0.6 is 0 Å². The third kappa shape index (κ3) is 3.63. The molecule has 2 aromatic carbocycles. The zero-order valence-corrected chi connectivity index (χ0v) is 12.8. The second-order valence-corrected chi connectivity index (χ2v) is 5.02. The number of hydrogen-bond donors (Lipinski definition) is 0. The van der Waals surface area contributed by atoms with E-state index in [0.29, 0.717) is 12.1 Å². The number of carbonyl (C=O) groups excluding carboxylic acids is 1. The molecule has 0 atom stereocenters. The molecule has 21 heavy (non-hydrogen) atoms. The zero-order chi connectivity index (χ0) is 15.2. The van der Waals surface area contributed by atoms with Crippen molar-refractivity contribution < 1.29 is 9.53 Å². The summed E-state index contributed by atoms with van der Waals surface area (Å²) < 4.78 is 5.13. The lowest BCUT2D eigenvalue weighted by Gasteiger charge is -2.23. The third-order valence-electron chi connectivity index (χ3n) is 3.34. The number of anilines is 1. The van der Waals surface area contributed by atoms with Crippen LogP contribution in [0.5, 0.6) is 5.75 Å². The van der Waals surface area contributed by atoms with E-state index < -0.39 is 0 Å². The average molecular weight is 283 g/mol. The van der Waals surface area contributed by atoms with Gasteiger partial charge in [0.25, 0.3) is 5.91 Å². The monoisotopic (exact) mass is 283 g/mol. The first-order valence-corrected chi connectivity index (χ1v) is 7.18. The number of amides is 1. The van der Waals surface area contributed by atoms with Crippen molar-refractivity contribution in [3.63, 3.8) is 0 Å². The highest BCUT2D eigenvalue weighted by Gasteiger charge is 2.17. The Balaban J connectivity index is 2.30. The summed E-state index contributed by atoms with van der Waals surface area (Å²) in [6, 6.07) is 15.3. The van der Waals surface area contributed by atoms with Crippen LogP contribution in [-0.2, 0) is 0 Å². The van der Waals surface area contributed by atoms with Crippen LogP contribution in [0.1, 0.15) is 29.3 Å². The van der Waals surface area contributed by atoms with Crippen LogP contribution in [0, 0.1) is 6.92 Å². The fourth-order valence-electron chi connectivity index (χ4n) is 2.26. The van der Waals surface area contributed by atoms with Crippen LogP contribution in [0.2, 0.25) is 0 Å². The Morgan fingerprint density at radius 3 is 2.43 bits per heavy atom. The minimum Gasteiger partial charge on any atom is -0.497 e. The predicted molar refractivity (Wildman–Crippen MR) is 86.1 cm³/mol. The molecule has 0 bridgehead atoms. The van der Waals surface area contributed by atoms with Gasteiger partial charge in [-0.15, -0.1) is 0 Å². The highest BCUT2D eigenvalue weighted by Crippen LogP contribution is 2.20. The average Bonchev–Trinajstić information content (AvgIpc) is 2.52. The smallest absolute Gasteiger partial charge is 0.258 e. The summed E-state index contributed by atoms with van der Waals surface area (Å²) in [6.07, 6.45) is 0.913. The Morgan fingerprint density at radius 1 is 1.14 bits per heavy atom. The van der Waals surface area contributed by atoms with Gasteiger partial charge in [0, 0.05) is 17.8 Å². The first kappa shape index (κ1) is 15.1. The Labute approximate surface area is 126 Å².